The quantitative estimate of drug-likeness (QED) is 0.642. The molecule has 0 radical (unpaired) electrons. The predicted molar refractivity (Wildman–Crippen MR) is 91.6 cm³/mol. The van der Waals surface area contributed by atoms with Gasteiger partial charge in [0.25, 0.3) is 0 Å². The van der Waals surface area contributed by atoms with Crippen LogP contribution in [-0.2, 0) is 6.54 Å². The zero-order chi connectivity index (χ0) is 15.1. The van der Waals surface area contributed by atoms with E-state index in [1.165, 1.54) is 31.2 Å². The maximum atomic E-state index is 5.58. The molecule has 0 aliphatic heterocycles. The van der Waals surface area contributed by atoms with E-state index in [0.717, 1.165) is 17.4 Å². The third kappa shape index (κ3) is 4.21. The van der Waals surface area contributed by atoms with Gasteiger partial charge in [-0.2, -0.15) is 0 Å². The zero-order valence-corrected chi connectivity index (χ0v) is 13.5. The van der Waals surface area contributed by atoms with Crippen LogP contribution in [-0.4, -0.2) is 29.7 Å². The average molecular weight is 304 g/mol. The lowest BCUT2D eigenvalue weighted by Crippen LogP contribution is -2.44. The Balaban J connectivity index is 2.14. The van der Waals surface area contributed by atoms with Gasteiger partial charge in [0, 0.05) is 24.7 Å². The fraction of sp³-hybridized carbons (Fsp3) is 0.471. The molecule has 0 amide bonds. The van der Waals surface area contributed by atoms with E-state index in [0.29, 0.717) is 12.6 Å². The second-order valence-electron chi connectivity index (χ2n) is 5.35. The monoisotopic (exact) mass is 304 g/mol. The Morgan fingerprint density at radius 2 is 2.14 bits per heavy atom. The number of hydrogen-bond acceptors (Lipinski definition) is 2. The molecule has 0 saturated heterocycles. The number of hydrogen-bond donors (Lipinski definition) is 1. The topological polar surface area (TPSA) is 24.5 Å². The number of benzene rings is 1. The van der Waals surface area contributed by atoms with E-state index in [1.54, 1.807) is 7.11 Å². The van der Waals surface area contributed by atoms with Gasteiger partial charge in [-0.05, 0) is 31.1 Å². The molecule has 0 heterocycles. The van der Waals surface area contributed by atoms with E-state index in [9.17, 15) is 0 Å². The third-order valence-corrected chi connectivity index (χ3v) is 4.34. The van der Waals surface area contributed by atoms with Gasteiger partial charge in [0.2, 0.25) is 0 Å². The van der Waals surface area contributed by atoms with Crippen molar-refractivity contribution < 1.29 is 4.74 Å². The van der Waals surface area contributed by atoms with Crippen molar-refractivity contribution in [3.8, 4) is 5.75 Å². The standard InChI is InChI=1S/C17H24N2OS/c1-3-12-18-17(21)19(15-9-5-6-10-15)13-14-8-4-7-11-16(14)20-2/h3-4,7-8,11,15H,1,5-6,9-10,12-13H2,2H3,(H,18,21). The molecule has 0 bridgehead atoms. The molecule has 0 spiro atoms. The molecule has 4 heteroatoms. The molecule has 1 N–H and O–H groups in total. The van der Waals surface area contributed by atoms with Crippen LogP contribution in [0.15, 0.2) is 36.9 Å². The lowest BCUT2D eigenvalue weighted by molar-refractivity contribution is 0.298. The van der Waals surface area contributed by atoms with Crippen molar-refractivity contribution in [2.45, 2.75) is 38.3 Å². The highest BCUT2D eigenvalue weighted by Crippen LogP contribution is 2.27. The second-order valence-corrected chi connectivity index (χ2v) is 5.74. The third-order valence-electron chi connectivity index (χ3n) is 3.96. The van der Waals surface area contributed by atoms with Crippen LogP contribution >= 0.6 is 12.2 Å². The van der Waals surface area contributed by atoms with E-state index in [2.05, 4.69) is 22.9 Å². The first kappa shape index (κ1) is 15.8. The van der Waals surface area contributed by atoms with Gasteiger partial charge in [0.05, 0.1) is 7.11 Å². The summed E-state index contributed by atoms with van der Waals surface area (Å²) in [7, 11) is 1.72. The van der Waals surface area contributed by atoms with E-state index in [4.69, 9.17) is 17.0 Å². The van der Waals surface area contributed by atoms with Crippen LogP contribution in [0.4, 0.5) is 0 Å². The summed E-state index contributed by atoms with van der Waals surface area (Å²) >= 11 is 5.58. The van der Waals surface area contributed by atoms with Gasteiger partial charge < -0.3 is 15.0 Å². The number of nitrogens with one attached hydrogen (secondary N) is 1. The Hall–Kier alpha value is -1.55. The van der Waals surface area contributed by atoms with Gasteiger partial charge in [-0.25, -0.2) is 0 Å². The first-order valence-corrected chi connectivity index (χ1v) is 7.94. The van der Waals surface area contributed by atoms with Gasteiger partial charge in [0.1, 0.15) is 5.75 Å². The number of para-hydroxylation sites is 1. The average Bonchev–Trinajstić information content (AvgIpc) is 3.04. The van der Waals surface area contributed by atoms with Crippen LogP contribution in [0.25, 0.3) is 0 Å². The molecule has 0 aromatic heterocycles. The molecule has 0 atom stereocenters. The van der Waals surface area contributed by atoms with E-state index < -0.39 is 0 Å². The van der Waals surface area contributed by atoms with Crippen LogP contribution in [0.5, 0.6) is 5.75 Å². The van der Waals surface area contributed by atoms with Crippen molar-refractivity contribution >= 4 is 17.3 Å². The van der Waals surface area contributed by atoms with Crippen LogP contribution in [0.1, 0.15) is 31.2 Å². The lowest BCUT2D eigenvalue weighted by Gasteiger charge is -2.32. The Morgan fingerprint density at radius 1 is 1.43 bits per heavy atom. The molecule has 114 valence electrons. The van der Waals surface area contributed by atoms with Crippen molar-refractivity contribution in [2.75, 3.05) is 13.7 Å². The second kappa shape index (κ2) is 8.03. The fourth-order valence-electron chi connectivity index (χ4n) is 2.86. The molecule has 1 aliphatic rings. The molecule has 1 aromatic carbocycles. The fourth-order valence-corrected chi connectivity index (χ4v) is 3.16. The molecule has 1 fully saturated rings. The summed E-state index contributed by atoms with van der Waals surface area (Å²) in [4.78, 5) is 2.31. The van der Waals surface area contributed by atoms with Crippen molar-refractivity contribution in [1.82, 2.24) is 10.2 Å². The molecule has 1 aromatic rings. The molecule has 2 rings (SSSR count). The number of nitrogens with zero attached hydrogens (tertiary/aromatic N) is 1. The van der Waals surface area contributed by atoms with E-state index in [1.807, 2.05) is 24.3 Å². The van der Waals surface area contributed by atoms with E-state index >= 15 is 0 Å². The van der Waals surface area contributed by atoms with Gasteiger partial charge in [-0.1, -0.05) is 37.1 Å². The Morgan fingerprint density at radius 3 is 2.81 bits per heavy atom. The summed E-state index contributed by atoms with van der Waals surface area (Å²) in [6, 6.07) is 8.68. The summed E-state index contributed by atoms with van der Waals surface area (Å²) in [6.07, 6.45) is 6.84. The Labute approximate surface area is 133 Å². The molecular weight excluding hydrogens is 280 g/mol. The van der Waals surface area contributed by atoms with Gasteiger partial charge in [-0.3, -0.25) is 0 Å². The highest BCUT2D eigenvalue weighted by atomic mass is 32.1. The van der Waals surface area contributed by atoms with E-state index in [-0.39, 0.29) is 0 Å². The normalized spacial score (nSPS) is 14.7. The highest BCUT2D eigenvalue weighted by Gasteiger charge is 2.25. The van der Waals surface area contributed by atoms with Crippen LogP contribution < -0.4 is 10.1 Å². The van der Waals surface area contributed by atoms with Crippen LogP contribution in [0.2, 0.25) is 0 Å². The van der Waals surface area contributed by atoms with Crippen LogP contribution in [0, 0.1) is 0 Å². The summed E-state index contributed by atoms with van der Waals surface area (Å²) in [6.45, 7) is 5.23. The lowest BCUT2D eigenvalue weighted by atomic mass is 10.1. The summed E-state index contributed by atoms with van der Waals surface area (Å²) < 4.78 is 5.46. The van der Waals surface area contributed by atoms with Crippen molar-refractivity contribution in [1.29, 1.82) is 0 Å². The molecule has 3 nitrogen and oxygen atoms in total. The van der Waals surface area contributed by atoms with Gasteiger partial charge in [-0.15, -0.1) is 6.58 Å². The molecule has 1 aliphatic carbocycles. The Bertz CT molecular complexity index is 483. The summed E-state index contributed by atoms with van der Waals surface area (Å²) in [5.74, 6) is 0.923. The molecular formula is C17H24N2OS. The molecule has 1 saturated carbocycles. The number of thiocarbonyl (C=S) groups is 1. The summed E-state index contributed by atoms with van der Waals surface area (Å²) in [5.41, 5.74) is 1.18. The maximum absolute atomic E-state index is 5.58. The number of methoxy groups -OCH3 is 1. The van der Waals surface area contributed by atoms with Crippen molar-refractivity contribution in [3.63, 3.8) is 0 Å². The minimum Gasteiger partial charge on any atom is -0.496 e. The summed E-state index contributed by atoms with van der Waals surface area (Å²) in [5, 5.41) is 4.08. The van der Waals surface area contributed by atoms with Gasteiger partial charge in [0.15, 0.2) is 5.11 Å². The first-order chi connectivity index (χ1) is 10.3. The highest BCUT2D eigenvalue weighted by molar-refractivity contribution is 7.80. The minimum atomic E-state index is 0.528. The largest absolute Gasteiger partial charge is 0.496 e. The SMILES string of the molecule is C=CCNC(=S)N(Cc1ccccc1OC)C1CCCC1. The van der Waals surface area contributed by atoms with Crippen LogP contribution in [0.3, 0.4) is 0 Å². The van der Waals surface area contributed by atoms with Gasteiger partial charge >= 0.3 is 0 Å². The predicted octanol–water partition coefficient (Wildman–Crippen LogP) is 3.50. The Kier molecular flexibility index (Phi) is 6.05. The number of ether oxygens (including phenoxy) is 1. The minimum absolute atomic E-state index is 0.528. The molecule has 0 unspecified atom stereocenters. The smallest absolute Gasteiger partial charge is 0.169 e. The van der Waals surface area contributed by atoms with Crippen molar-refractivity contribution in [3.05, 3.63) is 42.5 Å². The number of rotatable bonds is 6. The molecule has 21 heavy (non-hydrogen) atoms. The van der Waals surface area contributed by atoms with Crippen molar-refractivity contribution in [2.24, 2.45) is 0 Å². The maximum Gasteiger partial charge on any atom is 0.169 e. The zero-order valence-electron chi connectivity index (χ0n) is 12.7. The first-order valence-electron chi connectivity index (χ1n) is 7.53.